The van der Waals surface area contributed by atoms with Gasteiger partial charge in [-0.25, -0.2) is 8.42 Å². The maximum absolute atomic E-state index is 11.9. The number of rotatable bonds is 4. The van der Waals surface area contributed by atoms with Crippen molar-refractivity contribution in [3.8, 4) is 0 Å². The molecule has 0 bridgehead atoms. The Bertz CT molecular complexity index is 689. The van der Waals surface area contributed by atoms with Crippen LogP contribution in [0.3, 0.4) is 0 Å². The minimum absolute atomic E-state index is 0.0431. The van der Waals surface area contributed by atoms with E-state index < -0.39 is 20.7 Å². The van der Waals surface area contributed by atoms with Crippen LogP contribution in [0.15, 0.2) is 18.2 Å². The summed E-state index contributed by atoms with van der Waals surface area (Å²) in [6.07, 6.45) is 0.517. The molecule has 1 atom stereocenters. The molecule has 1 unspecified atom stereocenters. The number of nitrogens with one attached hydrogen (secondary N) is 1. The van der Waals surface area contributed by atoms with Crippen LogP contribution in [0.5, 0.6) is 0 Å². The lowest BCUT2D eigenvalue weighted by Crippen LogP contribution is -2.29. The Balaban J connectivity index is 2.01. The van der Waals surface area contributed by atoms with E-state index in [1.807, 2.05) is 0 Å². The number of halogens is 1. The maximum Gasteiger partial charge on any atom is 0.288 e. The predicted octanol–water partition coefficient (Wildman–Crippen LogP) is 1.41. The fraction of sp³-hybridized carbons (Fsp3) is 0.417. The van der Waals surface area contributed by atoms with Crippen molar-refractivity contribution in [2.75, 3.05) is 18.1 Å². The summed E-state index contributed by atoms with van der Waals surface area (Å²) in [4.78, 5) is 22.0. The molecule has 1 amide bonds. The molecule has 1 aromatic rings. The van der Waals surface area contributed by atoms with Crippen molar-refractivity contribution in [2.45, 2.75) is 6.42 Å². The molecule has 1 N–H and O–H groups in total. The largest absolute Gasteiger partial charge is 0.352 e. The van der Waals surface area contributed by atoms with E-state index in [1.165, 1.54) is 12.1 Å². The third-order valence-corrected chi connectivity index (χ3v) is 5.44. The summed E-state index contributed by atoms with van der Waals surface area (Å²) in [5, 5.41) is 13.3. The Morgan fingerprint density at radius 2 is 2.19 bits per heavy atom. The fourth-order valence-corrected chi connectivity index (χ4v) is 4.21. The maximum atomic E-state index is 11.9. The van der Waals surface area contributed by atoms with Gasteiger partial charge in [0.15, 0.2) is 9.84 Å². The van der Waals surface area contributed by atoms with E-state index in [9.17, 15) is 23.3 Å². The number of nitro benzene ring substituents is 1. The summed E-state index contributed by atoms with van der Waals surface area (Å²) < 4.78 is 22.6. The number of nitrogens with zero attached hydrogens (tertiary/aromatic N) is 1. The lowest BCUT2D eigenvalue weighted by atomic mass is 10.1. The Hall–Kier alpha value is -1.67. The molecule has 2 rings (SSSR count). The zero-order valence-corrected chi connectivity index (χ0v) is 12.5. The summed E-state index contributed by atoms with van der Waals surface area (Å²) in [7, 11) is -2.99. The molecule has 114 valence electrons. The van der Waals surface area contributed by atoms with Crippen molar-refractivity contribution in [3.05, 3.63) is 38.9 Å². The van der Waals surface area contributed by atoms with Gasteiger partial charge in [0.1, 0.15) is 5.02 Å². The fourth-order valence-electron chi connectivity index (χ4n) is 2.17. The van der Waals surface area contributed by atoms with E-state index in [0.717, 1.165) is 6.07 Å². The average Bonchev–Trinajstić information content (AvgIpc) is 2.75. The van der Waals surface area contributed by atoms with E-state index in [4.69, 9.17) is 11.6 Å². The van der Waals surface area contributed by atoms with E-state index >= 15 is 0 Å². The quantitative estimate of drug-likeness (QED) is 0.662. The van der Waals surface area contributed by atoms with E-state index in [2.05, 4.69) is 5.32 Å². The highest BCUT2D eigenvalue weighted by Crippen LogP contribution is 2.25. The van der Waals surface area contributed by atoms with Crippen LogP contribution in [-0.4, -0.2) is 37.3 Å². The van der Waals surface area contributed by atoms with Gasteiger partial charge >= 0.3 is 0 Å². The molecular weight excluding hydrogens is 320 g/mol. The van der Waals surface area contributed by atoms with Crippen LogP contribution in [0.1, 0.15) is 16.8 Å². The van der Waals surface area contributed by atoms with Gasteiger partial charge < -0.3 is 5.32 Å². The Labute approximate surface area is 126 Å². The van der Waals surface area contributed by atoms with Gasteiger partial charge in [0.05, 0.1) is 16.4 Å². The van der Waals surface area contributed by atoms with Gasteiger partial charge in [-0.15, -0.1) is 0 Å². The monoisotopic (exact) mass is 332 g/mol. The van der Waals surface area contributed by atoms with Crippen LogP contribution in [0.4, 0.5) is 5.69 Å². The molecular formula is C12H13ClN2O5S. The van der Waals surface area contributed by atoms with Crippen molar-refractivity contribution in [1.29, 1.82) is 0 Å². The van der Waals surface area contributed by atoms with Crippen LogP contribution in [-0.2, 0) is 9.84 Å². The van der Waals surface area contributed by atoms with Crippen LogP contribution >= 0.6 is 11.6 Å². The number of nitro groups is 1. The Morgan fingerprint density at radius 1 is 1.48 bits per heavy atom. The predicted molar refractivity (Wildman–Crippen MR) is 77.2 cm³/mol. The Kier molecular flexibility index (Phi) is 4.48. The minimum Gasteiger partial charge on any atom is -0.352 e. The van der Waals surface area contributed by atoms with Crippen LogP contribution in [0.2, 0.25) is 5.02 Å². The molecule has 1 saturated heterocycles. The summed E-state index contributed by atoms with van der Waals surface area (Å²) in [6, 6.07) is 3.77. The first-order valence-electron chi connectivity index (χ1n) is 6.21. The van der Waals surface area contributed by atoms with Gasteiger partial charge in [0.2, 0.25) is 0 Å². The summed E-state index contributed by atoms with van der Waals surface area (Å²) in [5.74, 6) is -0.395. The van der Waals surface area contributed by atoms with Crippen molar-refractivity contribution in [1.82, 2.24) is 5.32 Å². The van der Waals surface area contributed by atoms with Crippen molar-refractivity contribution in [2.24, 2.45) is 5.92 Å². The number of benzene rings is 1. The number of hydrogen-bond acceptors (Lipinski definition) is 5. The zero-order chi connectivity index (χ0) is 15.6. The van der Waals surface area contributed by atoms with Crippen molar-refractivity contribution < 1.29 is 18.1 Å². The summed E-state index contributed by atoms with van der Waals surface area (Å²) in [6.45, 7) is 0.231. The zero-order valence-electron chi connectivity index (χ0n) is 10.9. The first-order valence-corrected chi connectivity index (χ1v) is 8.41. The Morgan fingerprint density at radius 3 is 2.76 bits per heavy atom. The molecule has 0 aliphatic carbocycles. The molecule has 0 saturated carbocycles. The van der Waals surface area contributed by atoms with Gasteiger partial charge in [-0.3, -0.25) is 14.9 Å². The average molecular weight is 333 g/mol. The molecule has 1 fully saturated rings. The molecule has 1 aromatic carbocycles. The standard InChI is InChI=1S/C12H13ClN2O5S/c13-10-2-1-9(5-11(10)15(17)18)12(16)14-6-8-3-4-21(19,20)7-8/h1-2,5,8H,3-4,6-7H2,(H,14,16). The minimum atomic E-state index is -2.99. The highest BCUT2D eigenvalue weighted by molar-refractivity contribution is 7.91. The molecule has 0 spiro atoms. The third kappa shape index (κ3) is 3.92. The molecule has 9 heteroatoms. The normalized spacial score (nSPS) is 20.1. The van der Waals surface area contributed by atoms with Gasteiger partial charge in [-0.1, -0.05) is 11.6 Å². The number of sulfone groups is 1. The second-order valence-electron chi connectivity index (χ2n) is 4.90. The van der Waals surface area contributed by atoms with Gasteiger partial charge in [0.25, 0.3) is 11.6 Å². The summed E-state index contributed by atoms with van der Waals surface area (Å²) in [5.41, 5.74) is -0.222. The van der Waals surface area contributed by atoms with Crippen LogP contribution < -0.4 is 5.32 Å². The van der Waals surface area contributed by atoms with E-state index in [1.54, 1.807) is 0 Å². The molecule has 7 nitrogen and oxygen atoms in total. The molecule has 21 heavy (non-hydrogen) atoms. The number of carbonyl (C=O) groups excluding carboxylic acids is 1. The van der Waals surface area contributed by atoms with Crippen molar-refractivity contribution in [3.63, 3.8) is 0 Å². The summed E-state index contributed by atoms with van der Waals surface area (Å²) >= 11 is 5.67. The topological polar surface area (TPSA) is 106 Å². The smallest absolute Gasteiger partial charge is 0.288 e. The van der Waals surface area contributed by atoms with Gasteiger partial charge in [0, 0.05) is 18.2 Å². The number of hydrogen-bond donors (Lipinski definition) is 1. The van der Waals surface area contributed by atoms with Gasteiger partial charge in [-0.2, -0.15) is 0 Å². The number of amides is 1. The highest BCUT2D eigenvalue weighted by atomic mass is 35.5. The molecule has 0 radical (unpaired) electrons. The second-order valence-corrected chi connectivity index (χ2v) is 7.54. The van der Waals surface area contributed by atoms with Crippen molar-refractivity contribution >= 4 is 33.0 Å². The van der Waals surface area contributed by atoms with Crippen LogP contribution in [0.25, 0.3) is 0 Å². The molecule has 1 aliphatic rings. The van der Waals surface area contributed by atoms with E-state index in [-0.39, 0.29) is 40.2 Å². The first-order chi connectivity index (χ1) is 9.78. The highest BCUT2D eigenvalue weighted by Gasteiger charge is 2.28. The number of carbonyl (C=O) groups is 1. The van der Waals surface area contributed by atoms with E-state index in [0.29, 0.717) is 6.42 Å². The van der Waals surface area contributed by atoms with Gasteiger partial charge in [-0.05, 0) is 24.5 Å². The van der Waals surface area contributed by atoms with Crippen LogP contribution in [0, 0.1) is 16.0 Å². The molecule has 1 heterocycles. The lowest BCUT2D eigenvalue weighted by Gasteiger charge is -2.09. The molecule has 1 aliphatic heterocycles. The SMILES string of the molecule is O=C(NCC1CCS(=O)(=O)C1)c1ccc(Cl)c([N+](=O)[O-])c1. The second kappa shape index (κ2) is 5.98. The first kappa shape index (κ1) is 15.7. The molecule has 0 aromatic heterocycles. The lowest BCUT2D eigenvalue weighted by molar-refractivity contribution is -0.384. The third-order valence-electron chi connectivity index (χ3n) is 3.28.